The molecule has 2 atom stereocenters. The summed E-state index contributed by atoms with van der Waals surface area (Å²) in [6.07, 6.45) is 1.01. The zero-order valence-corrected chi connectivity index (χ0v) is 10.3. The Kier molecular flexibility index (Phi) is 2.99. The molecule has 15 heavy (non-hydrogen) atoms. The van der Waals surface area contributed by atoms with Crippen LogP contribution in [0.1, 0.15) is 17.2 Å². The lowest BCUT2D eigenvalue weighted by Gasteiger charge is -2.10. The molecule has 1 aromatic heterocycles. The molecule has 0 spiro atoms. The van der Waals surface area contributed by atoms with Gasteiger partial charge in [-0.1, -0.05) is 0 Å². The quantitative estimate of drug-likeness (QED) is 0.663. The maximum absolute atomic E-state index is 10.6. The molecule has 6 heteroatoms. The van der Waals surface area contributed by atoms with Crippen molar-refractivity contribution in [1.82, 2.24) is 5.06 Å². The number of hydrogen-bond donors (Lipinski definition) is 2. The van der Waals surface area contributed by atoms with Crippen molar-refractivity contribution in [2.45, 2.75) is 12.3 Å². The molecule has 0 aromatic carbocycles. The van der Waals surface area contributed by atoms with Gasteiger partial charge in [-0.05, 0) is 46.3 Å². The summed E-state index contributed by atoms with van der Waals surface area (Å²) in [5, 5.41) is 9.75. The molecule has 1 heterocycles. The summed E-state index contributed by atoms with van der Waals surface area (Å²) in [5.74, 6) is 0.809. The normalized spacial score (nSPS) is 23.9. The van der Waals surface area contributed by atoms with Crippen LogP contribution in [0.4, 0.5) is 4.79 Å². The average molecular weight is 291 g/mol. The molecule has 0 saturated heterocycles. The molecule has 2 unspecified atom stereocenters. The minimum absolute atomic E-state index is 0.329. The first kappa shape index (κ1) is 10.9. The Labute approximate surface area is 99.8 Å². The first-order valence-electron chi connectivity index (χ1n) is 4.59. The van der Waals surface area contributed by atoms with Gasteiger partial charge in [-0.3, -0.25) is 5.21 Å². The van der Waals surface area contributed by atoms with Crippen molar-refractivity contribution in [3.8, 4) is 0 Å². The van der Waals surface area contributed by atoms with Gasteiger partial charge in [-0.25, -0.2) is 9.86 Å². The second-order valence-electron chi connectivity index (χ2n) is 3.66. The Morgan fingerprint density at radius 3 is 3.00 bits per heavy atom. The Bertz CT molecular complexity index is 382. The monoisotopic (exact) mass is 290 g/mol. The number of urea groups is 1. The molecule has 2 amide bonds. The minimum atomic E-state index is -0.784. The van der Waals surface area contributed by atoms with E-state index >= 15 is 0 Å². The number of nitrogens with zero attached hydrogens (tertiary/aromatic N) is 1. The number of rotatable bonds is 3. The largest absolute Gasteiger partial charge is 0.350 e. The number of carbonyl (C=O) groups is 1. The van der Waals surface area contributed by atoms with Gasteiger partial charge in [0.2, 0.25) is 0 Å². The van der Waals surface area contributed by atoms with E-state index in [-0.39, 0.29) is 0 Å². The number of carbonyl (C=O) groups excluding carboxylic acids is 1. The minimum Gasteiger partial charge on any atom is -0.350 e. The molecule has 0 aliphatic heterocycles. The van der Waals surface area contributed by atoms with E-state index in [1.807, 2.05) is 6.07 Å². The molecule has 1 aromatic rings. The van der Waals surface area contributed by atoms with Gasteiger partial charge in [0.1, 0.15) is 0 Å². The molecule has 2 rings (SSSR count). The van der Waals surface area contributed by atoms with Crippen molar-refractivity contribution >= 4 is 33.3 Å². The van der Waals surface area contributed by atoms with E-state index in [2.05, 4.69) is 22.0 Å². The number of hydroxylamine groups is 2. The summed E-state index contributed by atoms with van der Waals surface area (Å²) in [7, 11) is 0. The first-order valence-corrected chi connectivity index (χ1v) is 6.20. The Morgan fingerprint density at radius 1 is 1.73 bits per heavy atom. The van der Waals surface area contributed by atoms with Gasteiger partial charge in [-0.2, -0.15) is 0 Å². The van der Waals surface area contributed by atoms with Gasteiger partial charge in [0, 0.05) is 4.88 Å². The van der Waals surface area contributed by atoms with Crippen LogP contribution in [-0.2, 0) is 0 Å². The lowest BCUT2D eigenvalue weighted by atomic mass is 10.2. The van der Waals surface area contributed by atoms with Crippen molar-refractivity contribution in [2.75, 3.05) is 6.54 Å². The molecule has 3 N–H and O–H groups in total. The van der Waals surface area contributed by atoms with E-state index in [0.717, 1.165) is 10.2 Å². The van der Waals surface area contributed by atoms with E-state index in [4.69, 9.17) is 10.9 Å². The fourth-order valence-electron chi connectivity index (χ4n) is 1.64. The van der Waals surface area contributed by atoms with Crippen molar-refractivity contribution in [3.63, 3.8) is 0 Å². The number of amides is 2. The van der Waals surface area contributed by atoms with Crippen LogP contribution in [0.3, 0.4) is 0 Å². The average Bonchev–Trinajstić information content (AvgIpc) is 2.79. The number of nitrogens with two attached hydrogens (primary N) is 1. The van der Waals surface area contributed by atoms with Gasteiger partial charge >= 0.3 is 6.03 Å². The number of primary amides is 1. The highest BCUT2D eigenvalue weighted by Gasteiger charge is 2.40. The molecule has 82 valence electrons. The van der Waals surface area contributed by atoms with Crippen LogP contribution in [-0.4, -0.2) is 22.8 Å². The van der Waals surface area contributed by atoms with Crippen LogP contribution in [0.25, 0.3) is 0 Å². The third-order valence-corrected chi connectivity index (χ3v) is 4.30. The van der Waals surface area contributed by atoms with Crippen LogP contribution in [0, 0.1) is 5.92 Å². The molecule has 1 saturated carbocycles. The summed E-state index contributed by atoms with van der Waals surface area (Å²) >= 11 is 5.10. The molecule has 4 nitrogen and oxygen atoms in total. The third-order valence-electron chi connectivity index (χ3n) is 2.54. The van der Waals surface area contributed by atoms with Crippen LogP contribution in [0.2, 0.25) is 0 Å². The second kappa shape index (κ2) is 4.11. The van der Waals surface area contributed by atoms with Gasteiger partial charge in [0.15, 0.2) is 0 Å². The predicted octanol–water partition coefficient (Wildman–Crippen LogP) is 2.38. The third kappa shape index (κ3) is 2.50. The highest BCUT2D eigenvalue weighted by Crippen LogP contribution is 2.50. The predicted molar refractivity (Wildman–Crippen MR) is 60.9 cm³/mol. The van der Waals surface area contributed by atoms with Gasteiger partial charge < -0.3 is 5.73 Å². The molecule has 1 aliphatic rings. The lowest BCUT2D eigenvalue weighted by Crippen LogP contribution is -2.34. The van der Waals surface area contributed by atoms with Crippen LogP contribution in [0.15, 0.2) is 15.9 Å². The lowest BCUT2D eigenvalue weighted by molar-refractivity contribution is -0.0431. The number of halogens is 1. The summed E-state index contributed by atoms with van der Waals surface area (Å²) < 4.78 is 1.11. The maximum atomic E-state index is 10.6. The fourth-order valence-corrected chi connectivity index (χ4v) is 3.27. The highest BCUT2D eigenvalue weighted by atomic mass is 79.9. The molecule has 1 aliphatic carbocycles. The summed E-state index contributed by atoms with van der Waals surface area (Å²) in [4.78, 5) is 11.9. The zero-order chi connectivity index (χ0) is 11.0. The summed E-state index contributed by atoms with van der Waals surface area (Å²) in [6, 6.07) is 3.30. The molecule has 1 fully saturated rings. The van der Waals surface area contributed by atoms with E-state index < -0.39 is 6.03 Å². The van der Waals surface area contributed by atoms with Crippen molar-refractivity contribution < 1.29 is 10.0 Å². The Balaban J connectivity index is 1.89. The second-order valence-corrected chi connectivity index (χ2v) is 6.16. The SMILES string of the molecule is NC(=O)N(O)CC1CC1c1ccc(Br)s1. The van der Waals surface area contributed by atoms with E-state index in [1.54, 1.807) is 11.3 Å². The smallest absolute Gasteiger partial charge is 0.338 e. The highest BCUT2D eigenvalue weighted by molar-refractivity contribution is 9.11. The van der Waals surface area contributed by atoms with Gasteiger partial charge in [-0.15, -0.1) is 11.3 Å². The van der Waals surface area contributed by atoms with Crippen molar-refractivity contribution in [3.05, 3.63) is 20.8 Å². The summed E-state index contributed by atoms with van der Waals surface area (Å²) in [6.45, 7) is 0.329. The zero-order valence-electron chi connectivity index (χ0n) is 7.89. The van der Waals surface area contributed by atoms with E-state index in [0.29, 0.717) is 23.4 Å². The standard InChI is InChI=1S/C9H11BrN2O2S/c10-8-2-1-7(15-8)6-3-5(6)4-12(14)9(11)13/h1-2,5-6,14H,3-4H2,(H2,11,13). The summed E-state index contributed by atoms with van der Waals surface area (Å²) in [5.41, 5.74) is 4.93. The van der Waals surface area contributed by atoms with Gasteiger partial charge in [0.05, 0.1) is 10.3 Å². The first-order chi connectivity index (χ1) is 7.08. The van der Waals surface area contributed by atoms with Crippen LogP contribution >= 0.6 is 27.3 Å². The molecule has 0 radical (unpaired) electrons. The number of thiophene rings is 1. The topological polar surface area (TPSA) is 66.6 Å². The number of hydrogen-bond acceptors (Lipinski definition) is 3. The van der Waals surface area contributed by atoms with Crippen molar-refractivity contribution in [1.29, 1.82) is 0 Å². The van der Waals surface area contributed by atoms with E-state index in [1.165, 1.54) is 4.88 Å². The Hall–Kier alpha value is -0.590. The Morgan fingerprint density at radius 2 is 2.47 bits per heavy atom. The van der Waals surface area contributed by atoms with E-state index in [9.17, 15) is 4.79 Å². The van der Waals surface area contributed by atoms with Crippen molar-refractivity contribution in [2.24, 2.45) is 11.7 Å². The molecular weight excluding hydrogens is 280 g/mol. The fraction of sp³-hybridized carbons (Fsp3) is 0.444. The van der Waals surface area contributed by atoms with Crippen LogP contribution < -0.4 is 5.73 Å². The van der Waals surface area contributed by atoms with Gasteiger partial charge in [0.25, 0.3) is 0 Å². The molecular formula is C9H11BrN2O2S. The molecule has 0 bridgehead atoms. The van der Waals surface area contributed by atoms with Crippen LogP contribution in [0.5, 0.6) is 0 Å². The maximum Gasteiger partial charge on any atom is 0.338 e.